The zero-order valence-corrected chi connectivity index (χ0v) is 26.8. The van der Waals surface area contributed by atoms with Gasteiger partial charge in [-0.25, -0.2) is 8.42 Å². The first-order valence-corrected chi connectivity index (χ1v) is 15.6. The molecular formula is C31H38BrN3O5S. The molecule has 0 aromatic heterocycles. The van der Waals surface area contributed by atoms with Crippen molar-refractivity contribution in [1.82, 2.24) is 10.2 Å². The van der Waals surface area contributed by atoms with Crippen molar-refractivity contribution < 1.29 is 22.7 Å². The van der Waals surface area contributed by atoms with Crippen LogP contribution >= 0.6 is 15.9 Å². The number of hydrogen-bond donors (Lipinski definition) is 1. The molecular weight excluding hydrogens is 606 g/mol. The number of carbonyl (C=O) groups excluding carboxylic acids is 2. The van der Waals surface area contributed by atoms with E-state index in [1.165, 1.54) is 17.0 Å². The maximum absolute atomic E-state index is 14.0. The molecule has 1 N–H and O–H groups in total. The van der Waals surface area contributed by atoms with E-state index in [2.05, 4.69) is 21.2 Å². The van der Waals surface area contributed by atoms with E-state index in [-0.39, 0.29) is 17.3 Å². The number of halogens is 1. The summed E-state index contributed by atoms with van der Waals surface area (Å²) in [4.78, 5) is 28.6. The largest absolute Gasteiger partial charge is 0.494 e. The van der Waals surface area contributed by atoms with Crippen LogP contribution in [0.25, 0.3) is 0 Å². The molecule has 0 unspecified atom stereocenters. The highest BCUT2D eigenvalue weighted by Gasteiger charge is 2.33. The fourth-order valence-corrected chi connectivity index (χ4v) is 5.76. The third-order valence-electron chi connectivity index (χ3n) is 6.26. The van der Waals surface area contributed by atoms with Crippen molar-refractivity contribution in [3.8, 4) is 5.75 Å². The van der Waals surface area contributed by atoms with Gasteiger partial charge < -0.3 is 15.0 Å². The third-order valence-corrected chi connectivity index (χ3v) is 8.57. The zero-order valence-electron chi connectivity index (χ0n) is 24.3. The molecule has 8 nitrogen and oxygen atoms in total. The predicted octanol–water partition coefficient (Wildman–Crippen LogP) is 5.68. The molecule has 1 atom stereocenters. The normalized spacial score (nSPS) is 12.4. The summed E-state index contributed by atoms with van der Waals surface area (Å²) in [5.74, 6) is -0.303. The van der Waals surface area contributed by atoms with Crippen LogP contribution in [-0.4, -0.2) is 49.9 Å². The Hall–Kier alpha value is -3.37. The van der Waals surface area contributed by atoms with Crippen molar-refractivity contribution in [2.75, 3.05) is 17.5 Å². The van der Waals surface area contributed by atoms with Crippen molar-refractivity contribution in [2.24, 2.45) is 0 Å². The minimum atomic E-state index is -4.16. The molecule has 3 aromatic carbocycles. The number of hydrogen-bond acceptors (Lipinski definition) is 5. The van der Waals surface area contributed by atoms with Gasteiger partial charge in [-0.2, -0.15) is 0 Å². The smallest absolute Gasteiger partial charge is 0.264 e. The second-order valence-corrected chi connectivity index (χ2v) is 13.6. The summed E-state index contributed by atoms with van der Waals surface area (Å²) in [5, 5.41) is 2.93. The molecule has 3 rings (SSSR count). The fraction of sp³-hybridized carbons (Fsp3) is 0.355. The summed E-state index contributed by atoms with van der Waals surface area (Å²) in [5.41, 5.74) is 1.58. The Morgan fingerprint density at radius 2 is 1.54 bits per heavy atom. The number of ether oxygens (including phenoxy) is 1. The topological polar surface area (TPSA) is 96.0 Å². The van der Waals surface area contributed by atoms with Gasteiger partial charge in [0.2, 0.25) is 11.8 Å². The zero-order chi connectivity index (χ0) is 30.4. The number of anilines is 1. The van der Waals surface area contributed by atoms with Gasteiger partial charge in [0, 0.05) is 16.6 Å². The Balaban J connectivity index is 2.02. The molecule has 3 aromatic rings. The van der Waals surface area contributed by atoms with Gasteiger partial charge in [0.05, 0.1) is 17.2 Å². The molecule has 0 aliphatic heterocycles. The van der Waals surface area contributed by atoms with Crippen LogP contribution in [0.15, 0.2) is 82.2 Å². The lowest BCUT2D eigenvalue weighted by Crippen LogP contribution is -2.54. The van der Waals surface area contributed by atoms with E-state index in [9.17, 15) is 18.0 Å². The van der Waals surface area contributed by atoms with E-state index in [4.69, 9.17) is 4.74 Å². The maximum atomic E-state index is 14.0. The molecule has 0 aliphatic carbocycles. The van der Waals surface area contributed by atoms with E-state index in [0.717, 1.165) is 19.9 Å². The Labute approximate surface area is 251 Å². The van der Waals surface area contributed by atoms with E-state index in [1.54, 1.807) is 43.3 Å². The van der Waals surface area contributed by atoms with Crippen molar-refractivity contribution in [1.29, 1.82) is 0 Å². The molecule has 0 radical (unpaired) electrons. The first kappa shape index (κ1) is 32.1. The summed E-state index contributed by atoms with van der Waals surface area (Å²) < 4.78 is 35.4. The van der Waals surface area contributed by atoms with Crippen molar-refractivity contribution in [3.05, 3.63) is 88.4 Å². The van der Waals surface area contributed by atoms with Gasteiger partial charge in [0.15, 0.2) is 0 Å². The molecule has 0 heterocycles. The van der Waals surface area contributed by atoms with E-state index < -0.39 is 34.1 Å². The molecule has 2 amide bonds. The molecule has 41 heavy (non-hydrogen) atoms. The third kappa shape index (κ3) is 8.81. The fourth-order valence-electron chi connectivity index (χ4n) is 4.08. The Bertz CT molecular complexity index is 1440. The molecule has 0 aliphatic rings. The van der Waals surface area contributed by atoms with E-state index in [1.807, 2.05) is 58.9 Å². The highest BCUT2D eigenvalue weighted by Crippen LogP contribution is 2.26. The molecule has 0 fully saturated rings. The van der Waals surface area contributed by atoms with Gasteiger partial charge >= 0.3 is 0 Å². The predicted molar refractivity (Wildman–Crippen MR) is 165 cm³/mol. The summed E-state index contributed by atoms with van der Waals surface area (Å²) >= 11 is 3.42. The standard InChI is InChI=1S/C31H38BrN3O5S/c1-7-40-27-16-18-28(19-17-27)41(38,39)35(26-14-8-22(2)9-15-26)21-29(36)34(20-24-10-12-25(32)13-11-24)23(3)30(37)33-31(4,5)6/h8-19,23H,7,20-21H2,1-6H3,(H,33,37)/t23-/m0/s1. The highest BCUT2D eigenvalue weighted by atomic mass is 79.9. The quantitative estimate of drug-likeness (QED) is 0.290. The summed E-state index contributed by atoms with van der Waals surface area (Å²) in [6.45, 7) is 11.1. The van der Waals surface area contributed by atoms with Crippen LogP contribution in [0, 0.1) is 6.92 Å². The number of nitrogens with one attached hydrogen (secondary N) is 1. The number of amides is 2. The van der Waals surface area contributed by atoms with Crippen LogP contribution in [0.3, 0.4) is 0 Å². The van der Waals surface area contributed by atoms with Crippen LogP contribution in [0.1, 0.15) is 45.7 Å². The van der Waals surface area contributed by atoms with Crippen LogP contribution in [0.4, 0.5) is 5.69 Å². The molecule has 10 heteroatoms. The lowest BCUT2D eigenvalue weighted by Gasteiger charge is -2.33. The summed E-state index contributed by atoms with van der Waals surface area (Å²) in [7, 11) is -4.16. The highest BCUT2D eigenvalue weighted by molar-refractivity contribution is 9.10. The molecule has 220 valence electrons. The first-order chi connectivity index (χ1) is 19.2. The lowest BCUT2D eigenvalue weighted by molar-refractivity contribution is -0.140. The van der Waals surface area contributed by atoms with Crippen LogP contribution < -0.4 is 14.4 Å². The summed E-state index contributed by atoms with van der Waals surface area (Å²) in [6.07, 6.45) is 0. The summed E-state index contributed by atoms with van der Waals surface area (Å²) in [6, 6.07) is 19.6. The Morgan fingerprint density at radius 1 is 0.951 bits per heavy atom. The number of carbonyl (C=O) groups is 2. The average Bonchev–Trinajstić information content (AvgIpc) is 2.91. The van der Waals surface area contributed by atoms with Gasteiger partial charge in [-0.1, -0.05) is 45.8 Å². The molecule has 0 spiro atoms. The van der Waals surface area contributed by atoms with Crippen LogP contribution in [0.2, 0.25) is 0 Å². The van der Waals surface area contributed by atoms with Gasteiger partial charge in [0.25, 0.3) is 10.0 Å². The number of rotatable bonds is 11. The monoisotopic (exact) mass is 643 g/mol. The Morgan fingerprint density at radius 3 is 2.07 bits per heavy atom. The number of nitrogens with zero attached hydrogens (tertiary/aromatic N) is 2. The maximum Gasteiger partial charge on any atom is 0.264 e. The van der Waals surface area contributed by atoms with Crippen LogP contribution in [-0.2, 0) is 26.2 Å². The van der Waals surface area contributed by atoms with Gasteiger partial charge in [-0.05, 0) is 95.6 Å². The molecule has 0 bridgehead atoms. The van der Waals surface area contributed by atoms with Crippen molar-refractivity contribution >= 4 is 43.5 Å². The van der Waals surface area contributed by atoms with E-state index in [0.29, 0.717) is 18.0 Å². The second kappa shape index (κ2) is 13.5. The number of sulfonamides is 1. The van der Waals surface area contributed by atoms with Gasteiger partial charge in [-0.15, -0.1) is 0 Å². The second-order valence-electron chi connectivity index (χ2n) is 10.8. The van der Waals surface area contributed by atoms with Crippen LogP contribution in [0.5, 0.6) is 5.75 Å². The minimum Gasteiger partial charge on any atom is -0.494 e. The average molecular weight is 645 g/mol. The van der Waals surface area contributed by atoms with E-state index >= 15 is 0 Å². The molecule has 0 saturated carbocycles. The number of aryl methyl sites for hydroxylation is 1. The molecule has 0 saturated heterocycles. The van der Waals surface area contributed by atoms with Crippen molar-refractivity contribution in [3.63, 3.8) is 0 Å². The lowest BCUT2D eigenvalue weighted by atomic mass is 10.1. The first-order valence-electron chi connectivity index (χ1n) is 13.4. The number of benzene rings is 3. The SMILES string of the molecule is CCOc1ccc(S(=O)(=O)N(CC(=O)N(Cc2ccc(Br)cc2)[C@@H](C)C(=O)NC(C)(C)C)c2ccc(C)cc2)cc1. The Kier molecular flexibility index (Phi) is 10.6. The van der Waals surface area contributed by atoms with Gasteiger partial charge in [-0.3, -0.25) is 13.9 Å². The van der Waals surface area contributed by atoms with Gasteiger partial charge in [0.1, 0.15) is 18.3 Å². The minimum absolute atomic E-state index is 0.0207. The van der Waals surface area contributed by atoms with Crippen molar-refractivity contribution in [2.45, 2.75) is 64.6 Å².